The Labute approximate surface area is 177 Å². The maximum atomic E-state index is 13.2. The van der Waals surface area contributed by atoms with Crippen molar-refractivity contribution in [2.45, 2.75) is 13.3 Å². The second kappa shape index (κ2) is 8.83. The average molecular weight is 420 g/mol. The van der Waals surface area contributed by atoms with E-state index in [4.69, 9.17) is 4.74 Å². The summed E-state index contributed by atoms with van der Waals surface area (Å²) in [6.45, 7) is 2.35. The number of nitrogens with zero attached hydrogens (tertiary/aromatic N) is 2. The number of ether oxygens (including phenoxy) is 1. The maximum absolute atomic E-state index is 13.2. The first kappa shape index (κ1) is 20.3. The smallest absolute Gasteiger partial charge is 0.360 e. The van der Waals surface area contributed by atoms with Gasteiger partial charge in [-0.2, -0.15) is 9.78 Å². The first-order valence-electron chi connectivity index (χ1n) is 9.93. The van der Waals surface area contributed by atoms with Gasteiger partial charge >= 0.3 is 5.97 Å². The van der Waals surface area contributed by atoms with Crippen LogP contribution in [0.5, 0.6) is 0 Å². The fraction of sp³-hybridized carbons (Fsp3) is 0.174. The van der Waals surface area contributed by atoms with Crippen molar-refractivity contribution in [3.63, 3.8) is 0 Å². The molecule has 0 radical (unpaired) electrons. The van der Waals surface area contributed by atoms with Crippen molar-refractivity contribution in [2.75, 3.05) is 18.5 Å². The van der Waals surface area contributed by atoms with E-state index in [0.717, 1.165) is 21.1 Å². The van der Waals surface area contributed by atoms with Crippen LogP contribution in [0.15, 0.2) is 65.6 Å². The van der Waals surface area contributed by atoms with Gasteiger partial charge in [0.05, 0.1) is 18.0 Å². The number of nitrogens with one attached hydrogen (secondary N) is 2. The average Bonchev–Trinajstić information content (AvgIpc) is 3.18. The highest BCUT2D eigenvalue weighted by Crippen LogP contribution is 2.19. The molecule has 4 rings (SSSR count). The van der Waals surface area contributed by atoms with Crippen molar-refractivity contribution >= 4 is 22.6 Å². The zero-order valence-electron chi connectivity index (χ0n) is 16.9. The van der Waals surface area contributed by atoms with Crippen molar-refractivity contribution < 1.29 is 13.9 Å². The van der Waals surface area contributed by atoms with Crippen molar-refractivity contribution in [2.24, 2.45) is 0 Å². The molecule has 7 nitrogen and oxygen atoms in total. The molecule has 0 aliphatic heterocycles. The van der Waals surface area contributed by atoms with Gasteiger partial charge in [0.25, 0.3) is 5.56 Å². The number of carbonyl (C=O) groups excluding carboxylic acids is 1. The van der Waals surface area contributed by atoms with E-state index in [1.54, 1.807) is 6.92 Å². The number of carbonyl (C=O) groups is 1. The first-order chi connectivity index (χ1) is 15.1. The van der Waals surface area contributed by atoms with E-state index in [9.17, 15) is 14.0 Å². The van der Waals surface area contributed by atoms with E-state index in [0.29, 0.717) is 24.3 Å². The number of hydrogen-bond acceptors (Lipinski definition) is 5. The Hall–Kier alpha value is -3.94. The number of anilines is 1. The molecule has 0 fully saturated rings. The summed E-state index contributed by atoms with van der Waals surface area (Å²) in [6.07, 6.45) is 2.62. The zero-order valence-corrected chi connectivity index (χ0v) is 16.9. The molecule has 0 atom stereocenters. The molecule has 2 N–H and O–H groups in total. The zero-order chi connectivity index (χ0) is 21.8. The molecule has 2 heterocycles. The lowest BCUT2D eigenvalue weighted by atomic mass is 10.1. The maximum Gasteiger partial charge on any atom is 0.360 e. The predicted molar refractivity (Wildman–Crippen MR) is 116 cm³/mol. The van der Waals surface area contributed by atoms with Crippen LogP contribution < -0.4 is 10.9 Å². The second-order valence-corrected chi connectivity index (χ2v) is 6.89. The first-order valence-corrected chi connectivity index (χ1v) is 9.93. The Morgan fingerprint density at radius 2 is 1.97 bits per heavy atom. The van der Waals surface area contributed by atoms with Gasteiger partial charge in [-0.3, -0.25) is 4.79 Å². The van der Waals surface area contributed by atoms with Gasteiger partial charge in [-0.05, 0) is 49.2 Å². The number of halogens is 1. The van der Waals surface area contributed by atoms with E-state index in [1.807, 2.05) is 30.5 Å². The molecule has 158 valence electrons. The Morgan fingerprint density at radius 1 is 1.19 bits per heavy atom. The Morgan fingerprint density at radius 3 is 2.74 bits per heavy atom. The number of rotatable bonds is 7. The molecule has 8 heteroatoms. The molecule has 0 unspecified atom stereocenters. The molecule has 0 saturated carbocycles. The van der Waals surface area contributed by atoms with Crippen LogP contribution in [0.3, 0.4) is 0 Å². The molecular weight excluding hydrogens is 399 g/mol. The van der Waals surface area contributed by atoms with Crippen molar-refractivity contribution in [3.05, 3.63) is 88.2 Å². The quantitative estimate of drug-likeness (QED) is 0.445. The SMILES string of the molecule is CCOC(=O)c1nn(-c2ccc(F)cc2)c(=O)cc1NCCc1c[nH]c2ccccc12. The summed E-state index contributed by atoms with van der Waals surface area (Å²) < 4.78 is 19.4. The summed E-state index contributed by atoms with van der Waals surface area (Å²) in [4.78, 5) is 28.3. The molecule has 0 amide bonds. The lowest BCUT2D eigenvalue weighted by molar-refractivity contribution is 0.0518. The van der Waals surface area contributed by atoms with Crippen LogP contribution in [0.25, 0.3) is 16.6 Å². The summed E-state index contributed by atoms with van der Waals surface area (Å²) >= 11 is 0. The number of para-hydroxylation sites is 1. The molecule has 31 heavy (non-hydrogen) atoms. The third kappa shape index (κ3) is 4.32. The Bertz CT molecular complexity index is 1280. The van der Waals surface area contributed by atoms with E-state index < -0.39 is 17.3 Å². The highest BCUT2D eigenvalue weighted by atomic mass is 19.1. The van der Waals surface area contributed by atoms with Crippen LogP contribution in [0.1, 0.15) is 23.0 Å². The van der Waals surface area contributed by atoms with E-state index in [-0.39, 0.29) is 12.3 Å². The van der Waals surface area contributed by atoms with Gasteiger partial charge in [-0.25, -0.2) is 9.18 Å². The van der Waals surface area contributed by atoms with Crippen molar-refractivity contribution in [1.29, 1.82) is 0 Å². The van der Waals surface area contributed by atoms with Crippen LogP contribution in [-0.2, 0) is 11.2 Å². The van der Waals surface area contributed by atoms with Gasteiger partial charge in [0, 0.05) is 29.7 Å². The summed E-state index contributed by atoms with van der Waals surface area (Å²) in [6, 6.07) is 14.6. The molecule has 0 aliphatic carbocycles. The van der Waals surface area contributed by atoms with Gasteiger partial charge < -0.3 is 15.0 Å². The van der Waals surface area contributed by atoms with Crippen LogP contribution >= 0.6 is 0 Å². The number of hydrogen-bond donors (Lipinski definition) is 2. The third-order valence-electron chi connectivity index (χ3n) is 4.86. The third-order valence-corrected chi connectivity index (χ3v) is 4.86. The molecule has 0 aliphatic rings. The van der Waals surface area contributed by atoms with Crippen LogP contribution in [0.2, 0.25) is 0 Å². The number of aromatic nitrogens is 3. The molecule has 0 bridgehead atoms. The molecule has 0 spiro atoms. The highest BCUT2D eigenvalue weighted by Gasteiger charge is 2.18. The standard InChI is InChI=1S/C23H21FN4O3/c1-2-31-23(30)22-20(13-21(29)28(27-22)17-9-7-16(24)8-10-17)25-12-11-15-14-26-19-6-4-3-5-18(15)19/h3-10,13-14,25-26H,2,11-12H2,1H3. The summed E-state index contributed by atoms with van der Waals surface area (Å²) in [5, 5.41) is 8.45. The minimum Gasteiger partial charge on any atom is -0.461 e. The van der Waals surface area contributed by atoms with Gasteiger partial charge in [0.2, 0.25) is 0 Å². The number of fused-ring (bicyclic) bond motifs is 1. The Kier molecular flexibility index (Phi) is 5.79. The minimum absolute atomic E-state index is 0.00954. The van der Waals surface area contributed by atoms with E-state index in [1.165, 1.54) is 30.3 Å². The Balaban J connectivity index is 1.61. The topological polar surface area (TPSA) is 89.0 Å². The molecule has 4 aromatic rings. The van der Waals surface area contributed by atoms with Gasteiger partial charge in [-0.15, -0.1) is 0 Å². The molecule has 2 aromatic heterocycles. The minimum atomic E-state index is -0.645. The summed E-state index contributed by atoms with van der Waals surface area (Å²) in [7, 11) is 0. The van der Waals surface area contributed by atoms with Gasteiger partial charge in [0.1, 0.15) is 5.82 Å². The van der Waals surface area contributed by atoms with Gasteiger partial charge in [0.15, 0.2) is 5.69 Å². The molecular formula is C23H21FN4O3. The number of aromatic amines is 1. The lowest BCUT2D eigenvalue weighted by Gasteiger charge is -2.13. The monoisotopic (exact) mass is 420 g/mol. The second-order valence-electron chi connectivity index (χ2n) is 6.89. The number of benzene rings is 2. The van der Waals surface area contributed by atoms with Crippen LogP contribution in [0.4, 0.5) is 10.1 Å². The number of H-pyrrole nitrogens is 1. The molecule has 2 aromatic carbocycles. The summed E-state index contributed by atoms with van der Waals surface area (Å²) in [5.41, 5.74) is 2.35. The largest absolute Gasteiger partial charge is 0.461 e. The fourth-order valence-electron chi connectivity index (χ4n) is 3.38. The van der Waals surface area contributed by atoms with Crippen molar-refractivity contribution in [1.82, 2.24) is 14.8 Å². The van der Waals surface area contributed by atoms with Gasteiger partial charge in [-0.1, -0.05) is 18.2 Å². The van der Waals surface area contributed by atoms with E-state index in [2.05, 4.69) is 15.4 Å². The van der Waals surface area contributed by atoms with Crippen LogP contribution in [-0.4, -0.2) is 33.9 Å². The van der Waals surface area contributed by atoms with E-state index >= 15 is 0 Å². The normalized spacial score (nSPS) is 10.9. The van der Waals surface area contributed by atoms with Crippen molar-refractivity contribution in [3.8, 4) is 5.69 Å². The highest BCUT2D eigenvalue weighted by molar-refractivity contribution is 5.93. The lowest BCUT2D eigenvalue weighted by Crippen LogP contribution is -2.26. The molecule has 0 saturated heterocycles. The predicted octanol–water partition coefficient (Wildman–Crippen LogP) is 3.68. The summed E-state index contributed by atoms with van der Waals surface area (Å²) in [5.74, 6) is -1.08. The fourth-order valence-corrected chi connectivity index (χ4v) is 3.38. The van der Waals surface area contributed by atoms with Crippen LogP contribution in [0, 0.1) is 5.82 Å². The number of esters is 1.